The van der Waals surface area contributed by atoms with Crippen molar-refractivity contribution in [1.29, 1.82) is 0 Å². The minimum atomic E-state index is -0.119. The summed E-state index contributed by atoms with van der Waals surface area (Å²) in [5.74, 6) is 1.61. The van der Waals surface area contributed by atoms with Crippen LogP contribution in [0.5, 0.6) is 5.75 Å². The number of halogens is 2. The van der Waals surface area contributed by atoms with Gasteiger partial charge in [0.25, 0.3) is 5.91 Å². The number of aryl methyl sites for hydroxylation is 1. The molecule has 176 valence electrons. The summed E-state index contributed by atoms with van der Waals surface area (Å²) >= 11 is 9.36. The topological polar surface area (TPSA) is 56.1 Å². The predicted molar refractivity (Wildman–Crippen MR) is 140 cm³/mol. The number of hydrogen-bond acceptors (Lipinski definition) is 3. The highest BCUT2D eigenvalue weighted by molar-refractivity contribution is 9.10. The third-order valence-electron chi connectivity index (χ3n) is 5.57. The number of nitrogens with one attached hydrogen (secondary N) is 1. The number of unbranched alkanes of at least 4 members (excludes halogenated alkanes) is 2. The Labute approximate surface area is 213 Å². The van der Waals surface area contributed by atoms with E-state index in [1.165, 1.54) is 5.56 Å². The Morgan fingerprint density at radius 3 is 2.53 bits per heavy atom. The van der Waals surface area contributed by atoms with Crippen LogP contribution in [0.15, 0.2) is 77.3 Å². The molecule has 1 N–H and O–H groups in total. The van der Waals surface area contributed by atoms with Gasteiger partial charge in [-0.3, -0.25) is 4.79 Å². The SMILES string of the molecule is O=C(COc1ccc(Cl)cc1)NCCCCCc1nc2ccccc2n1Cc1ccc(Br)cc1. The van der Waals surface area contributed by atoms with Crippen LogP contribution in [0.2, 0.25) is 5.02 Å². The van der Waals surface area contributed by atoms with E-state index >= 15 is 0 Å². The van der Waals surface area contributed by atoms with Crippen LogP contribution in [0.3, 0.4) is 0 Å². The van der Waals surface area contributed by atoms with Crippen LogP contribution in [0.25, 0.3) is 11.0 Å². The molecule has 1 heterocycles. The maximum atomic E-state index is 12.0. The van der Waals surface area contributed by atoms with Crippen molar-refractivity contribution >= 4 is 44.5 Å². The molecule has 1 aromatic heterocycles. The number of rotatable bonds is 11. The Kier molecular flexibility index (Phi) is 8.61. The third-order valence-corrected chi connectivity index (χ3v) is 6.35. The number of carbonyl (C=O) groups excluding carboxylic acids is 1. The van der Waals surface area contributed by atoms with E-state index in [1.807, 2.05) is 6.07 Å². The second-order valence-corrected chi connectivity index (χ2v) is 9.48. The Morgan fingerprint density at radius 2 is 1.74 bits per heavy atom. The zero-order chi connectivity index (χ0) is 23.8. The first-order valence-electron chi connectivity index (χ1n) is 11.4. The lowest BCUT2D eigenvalue weighted by atomic mass is 10.1. The van der Waals surface area contributed by atoms with Crippen LogP contribution in [0.1, 0.15) is 30.7 Å². The molecule has 3 aromatic carbocycles. The minimum Gasteiger partial charge on any atom is -0.484 e. The quantitative estimate of drug-likeness (QED) is 0.224. The van der Waals surface area contributed by atoms with E-state index in [1.54, 1.807) is 24.3 Å². The van der Waals surface area contributed by atoms with E-state index in [0.717, 1.165) is 53.6 Å². The van der Waals surface area contributed by atoms with Crippen LogP contribution in [0, 0.1) is 0 Å². The summed E-state index contributed by atoms with van der Waals surface area (Å²) in [5.41, 5.74) is 3.44. The molecular weight excluding hydrogens is 514 g/mol. The molecule has 0 atom stereocenters. The summed E-state index contributed by atoms with van der Waals surface area (Å²) in [4.78, 5) is 16.9. The molecule has 0 spiro atoms. The summed E-state index contributed by atoms with van der Waals surface area (Å²) in [5, 5.41) is 3.56. The van der Waals surface area contributed by atoms with Crippen LogP contribution < -0.4 is 10.1 Å². The van der Waals surface area contributed by atoms with Crippen molar-refractivity contribution in [3.8, 4) is 5.75 Å². The fourth-order valence-corrected chi connectivity index (χ4v) is 4.20. The van der Waals surface area contributed by atoms with Crippen molar-refractivity contribution in [2.45, 2.75) is 32.2 Å². The van der Waals surface area contributed by atoms with Gasteiger partial charge in [0.2, 0.25) is 0 Å². The molecule has 5 nitrogen and oxygen atoms in total. The van der Waals surface area contributed by atoms with Crippen LogP contribution in [-0.4, -0.2) is 28.6 Å². The Bertz CT molecular complexity index is 1220. The molecule has 0 unspecified atom stereocenters. The van der Waals surface area contributed by atoms with Gasteiger partial charge in [0, 0.05) is 29.0 Å². The summed E-state index contributed by atoms with van der Waals surface area (Å²) < 4.78 is 8.86. The molecule has 34 heavy (non-hydrogen) atoms. The Balaban J connectivity index is 1.23. The molecular formula is C27H27BrClN3O2. The monoisotopic (exact) mass is 539 g/mol. The fourth-order valence-electron chi connectivity index (χ4n) is 3.81. The largest absolute Gasteiger partial charge is 0.484 e. The van der Waals surface area contributed by atoms with E-state index in [4.69, 9.17) is 21.3 Å². The number of benzene rings is 3. The van der Waals surface area contributed by atoms with Crippen molar-refractivity contribution in [3.05, 3.63) is 93.7 Å². The van der Waals surface area contributed by atoms with E-state index in [9.17, 15) is 4.79 Å². The van der Waals surface area contributed by atoms with Gasteiger partial charge in [0.1, 0.15) is 11.6 Å². The predicted octanol–water partition coefficient (Wildman–Crippen LogP) is 6.41. The molecule has 0 saturated heterocycles. The zero-order valence-corrected chi connectivity index (χ0v) is 21.2. The minimum absolute atomic E-state index is 0.00170. The van der Waals surface area contributed by atoms with Crippen molar-refractivity contribution in [2.75, 3.05) is 13.2 Å². The molecule has 0 radical (unpaired) electrons. The van der Waals surface area contributed by atoms with Gasteiger partial charge >= 0.3 is 0 Å². The number of fused-ring (bicyclic) bond motifs is 1. The van der Waals surface area contributed by atoms with Crippen molar-refractivity contribution in [1.82, 2.24) is 14.9 Å². The van der Waals surface area contributed by atoms with E-state index in [-0.39, 0.29) is 12.5 Å². The molecule has 7 heteroatoms. The first kappa shape index (κ1) is 24.3. The fraction of sp³-hybridized carbons (Fsp3) is 0.259. The van der Waals surface area contributed by atoms with Crippen molar-refractivity contribution in [2.24, 2.45) is 0 Å². The lowest BCUT2D eigenvalue weighted by molar-refractivity contribution is -0.123. The summed E-state index contributed by atoms with van der Waals surface area (Å²) in [6.45, 7) is 1.44. The van der Waals surface area contributed by atoms with Gasteiger partial charge < -0.3 is 14.6 Å². The van der Waals surface area contributed by atoms with Gasteiger partial charge in [0.05, 0.1) is 11.0 Å². The highest BCUT2D eigenvalue weighted by Crippen LogP contribution is 2.21. The average Bonchev–Trinajstić information content (AvgIpc) is 3.19. The van der Waals surface area contributed by atoms with E-state index < -0.39 is 0 Å². The van der Waals surface area contributed by atoms with Crippen LogP contribution in [0.4, 0.5) is 0 Å². The van der Waals surface area contributed by atoms with Crippen LogP contribution >= 0.6 is 27.5 Å². The van der Waals surface area contributed by atoms with Gasteiger partial charge in [0.15, 0.2) is 6.61 Å². The zero-order valence-electron chi connectivity index (χ0n) is 18.8. The van der Waals surface area contributed by atoms with Gasteiger partial charge in [-0.1, -0.05) is 58.2 Å². The van der Waals surface area contributed by atoms with Gasteiger partial charge in [-0.2, -0.15) is 0 Å². The van der Waals surface area contributed by atoms with Crippen molar-refractivity contribution in [3.63, 3.8) is 0 Å². The Morgan fingerprint density at radius 1 is 0.971 bits per heavy atom. The molecule has 0 bridgehead atoms. The second kappa shape index (κ2) is 12.0. The second-order valence-electron chi connectivity index (χ2n) is 8.13. The molecule has 0 aliphatic rings. The lowest BCUT2D eigenvalue weighted by Gasteiger charge is -2.10. The molecule has 4 rings (SSSR count). The summed E-state index contributed by atoms with van der Waals surface area (Å²) in [7, 11) is 0. The average molecular weight is 541 g/mol. The van der Waals surface area contributed by atoms with E-state index in [0.29, 0.717) is 17.3 Å². The van der Waals surface area contributed by atoms with Gasteiger partial charge in [-0.25, -0.2) is 4.98 Å². The standard InChI is InChI=1S/C27H27BrClN3O2/c28-21-11-9-20(10-12-21)18-32-25-7-4-3-6-24(25)31-26(32)8-2-1-5-17-30-27(33)19-34-23-15-13-22(29)14-16-23/h3-4,6-7,9-16H,1-2,5,8,17-19H2,(H,30,33). The first-order valence-corrected chi connectivity index (χ1v) is 12.6. The number of amides is 1. The number of nitrogens with zero attached hydrogens (tertiary/aromatic N) is 2. The first-order chi connectivity index (χ1) is 16.6. The number of carbonyl (C=O) groups is 1. The molecule has 0 aliphatic heterocycles. The molecule has 0 saturated carbocycles. The lowest BCUT2D eigenvalue weighted by Crippen LogP contribution is -2.29. The number of para-hydroxylation sites is 2. The summed E-state index contributed by atoms with van der Waals surface area (Å²) in [6, 6.07) is 23.7. The number of imidazole rings is 1. The molecule has 0 aliphatic carbocycles. The molecule has 4 aromatic rings. The maximum Gasteiger partial charge on any atom is 0.257 e. The normalized spacial score (nSPS) is 11.0. The number of ether oxygens (including phenoxy) is 1. The number of aromatic nitrogens is 2. The van der Waals surface area contributed by atoms with Gasteiger partial charge in [-0.05, 0) is 66.9 Å². The maximum absolute atomic E-state index is 12.0. The molecule has 0 fully saturated rings. The van der Waals surface area contributed by atoms with E-state index in [2.05, 4.69) is 68.3 Å². The highest BCUT2D eigenvalue weighted by Gasteiger charge is 2.11. The highest BCUT2D eigenvalue weighted by atomic mass is 79.9. The molecule has 1 amide bonds. The third kappa shape index (κ3) is 6.84. The van der Waals surface area contributed by atoms with Crippen molar-refractivity contribution < 1.29 is 9.53 Å². The Hall–Kier alpha value is -2.83. The van der Waals surface area contributed by atoms with Gasteiger partial charge in [-0.15, -0.1) is 0 Å². The number of hydrogen-bond donors (Lipinski definition) is 1. The summed E-state index contributed by atoms with van der Waals surface area (Å²) in [6.07, 6.45) is 3.85. The smallest absolute Gasteiger partial charge is 0.257 e. The van der Waals surface area contributed by atoms with Crippen LogP contribution in [-0.2, 0) is 17.8 Å².